The van der Waals surface area contributed by atoms with Gasteiger partial charge in [-0.05, 0) is 44.5 Å². The molecule has 0 radical (unpaired) electrons. The molecule has 1 unspecified atom stereocenters. The predicted molar refractivity (Wildman–Crippen MR) is 75.3 cm³/mol. The van der Waals surface area contributed by atoms with Gasteiger partial charge in [-0.15, -0.1) is 0 Å². The van der Waals surface area contributed by atoms with Crippen molar-refractivity contribution in [1.29, 1.82) is 0 Å². The standard InChI is InChI=1S/C15H23N3O/c1-19-15-6-5-13(10-16-15)11-17-7-3-9-18-8-2-4-14(18)12-17/h5-6,10,14H,2-4,7-9,11-12H2,1H3. The van der Waals surface area contributed by atoms with Gasteiger partial charge < -0.3 is 4.74 Å². The summed E-state index contributed by atoms with van der Waals surface area (Å²) in [4.78, 5) is 9.55. The third-order valence-electron chi connectivity index (χ3n) is 4.30. The van der Waals surface area contributed by atoms with Crippen molar-refractivity contribution in [1.82, 2.24) is 14.8 Å². The van der Waals surface area contributed by atoms with Crippen LogP contribution in [0.3, 0.4) is 0 Å². The van der Waals surface area contributed by atoms with Gasteiger partial charge in [0, 0.05) is 31.4 Å². The third-order valence-corrected chi connectivity index (χ3v) is 4.30. The second kappa shape index (κ2) is 5.88. The molecule has 0 N–H and O–H groups in total. The molecule has 1 atom stereocenters. The van der Waals surface area contributed by atoms with Crippen LogP contribution in [0.4, 0.5) is 0 Å². The maximum atomic E-state index is 5.10. The Kier molecular flexibility index (Phi) is 3.99. The Hall–Kier alpha value is -1.13. The molecule has 0 amide bonds. The molecule has 1 aromatic heterocycles. The van der Waals surface area contributed by atoms with Gasteiger partial charge in [0.15, 0.2) is 0 Å². The zero-order valence-electron chi connectivity index (χ0n) is 11.7. The van der Waals surface area contributed by atoms with Crippen LogP contribution in [0.15, 0.2) is 18.3 Å². The number of ether oxygens (including phenoxy) is 1. The van der Waals surface area contributed by atoms with E-state index in [2.05, 4.69) is 20.9 Å². The number of nitrogens with zero attached hydrogens (tertiary/aromatic N) is 3. The van der Waals surface area contributed by atoms with Crippen molar-refractivity contribution in [2.45, 2.75) is 31.8 Å². The molecule has 4 heteroatoms. The second-order valence-corrected chi connectivity index (χ2v) is 5.63. The smallest absolute Gasteiger partial charge is 0.212 e. The van der Waals surface area contributed by atoms with Gasteiger partial charge >= 0.3 is 0 Å². The Labute approximate surface area is 115 Å². The van der Waals surface area contributed by atoms with Gasteiger partial charge in [0.1, 0.15) is 0 Å². The summed E-state index contributed by atoms with van der Waals surface area (Å²) in [6.07, 6.45) is 5.98. The molecule has 0 bridgehead atoms. The number of hydrogen-bond donors (Lipinski definition) is 0. The van der Waals surface area contributed by atoms with E-state index in [4.69, 9.17) is 4.74 Å². The number of aromatic nitrogens is 1. The molecule has 2 aliphatic heterocycles. The Morgan fingerprint density at radius 3 is 2.95 bits per heavy atom. The van der Waals surface area contributed by atoms with Gasteiger partial charge in [-0.3, -0.25) is 9.80 Å². The minimum Gasteiger partial charge on any atom is -0.481 e. The first-order chi connectivity index (χ1) is 9.35. The molecule has 0 spiro atoms. The summed E-state index contributed by atoms with van der Waals surface area (Å²) in [5, 5.41) is 0. The van der Waals surface area contributed by atoms with Crippen LogP contribution >= 0.6 is 0 Å². The van der Waals surface area contributed by atoms with E-state index in [1.807, 2.05) is 12.3 Å². The molecule has 3 rings (SSSR count). The highest BCUT2D eigenvalue weighted by molar-refractivity contribution is 5.17. The average Bonchev–Trinajstić information content (AvgIpc) is 2.79. The zero-order chi connectivity index (χ0) is 13.1. The molecule has 2 aliphatic rings. The van der Waals surface area contributed by atoms with Crippen molar-refractivity contribution < 1.29 is 4.74 Å². The molecule has 2 saturated heterocycles. The van der Waals surface area contributed by atoms with Crippen LogP contribution in [0.5, 0.6) is 5.88 Å². The molecule has 3 heterocycles. The fourth-order valence-corrected chi connectivity index (χ4v) is 3.31. The summed E-state index contributed by atoms with van der Waals surface area (Å²) in [7, 11) is 1.66. The lowest BCUT2D eigenvalue weighted by Gasteiger charge is -2.25. The van der Waals surface area contributed by atoms with E-state index >= 15 is 0 Å². The normalized spacial score (nSPS) is 25.0. The molecule has 0 aromatic carbocycles. The molecule has 104 valence electrons. The van der Waals surface area contributed by atoms with E-state index < -0.39 is 0 Å². The van der Waals surface area contributed by atoms with E-state index in [-0.39, 0.29) is 0 Å². The Balaban J connectivity index is 1.61. The Bertz CT molecular complexity index is 406. The SMILES string of the molecule is COc1ccc(CN2CCCN3CCCC3C2)cn1. The quantitative estimate of drug-likeness (QED) is 0.829. The summed E-state index contributed by atoms with van der Waals surface area (Å²) in [6, 6.07) is 4.87. The number of rotatable bonds is 3. The third kappa shape index (κ3) is 3.07. The molecule has 2 fully saturated rings. The summed E-state index contributed by atoms with van der Waals surface area (Å²) >= 11 is 0. The van der Waals surface area contributed by atoms with Crippen molar-refractivity contribution >= 4 is 0 Å². The maximum absolute atomic E-state index is 5.10. The van der Waals surface area contributed by atoms with Gasteiger partial charge in [-0.1, -0.05) is 6.07 Å². The highest BCUT2D eigenvalue weighted by Crippen LogP contribution is 2.22. The molecule has 19 heavy (non-hydrogen) atoms. The van der Waals surface area contributed by atoms with Crippen LogP contribution in [0.2, 0.25) is 0 Å². The van der Waals surface area contributed by atoms with Crippen LogP contribution in [0.1, 0.15) is 24.8 Å². The van der Waals surface area contributed by atoms with E-state index in [1.54, 1.807) is 7.11 Å². The van der Waals surface area contributed by atoms with Crippen LogP contribution in [-0.4, -0.2) is 54.1 Å². The molecule has 0 aliphatic carbocycles. The summed E-state index contributed by atoms with van der Waals surface area (Å²) < 4.78 is 5.10. The summed E-state index contributed by atoms with van der Waals surface area (Å²) in [6.45, 7) is 6.02. The van der Waals surface area contributed by atoms with Crippen LogP contribution in [0, 0.1) is 0 Å². The number of hydrogen-bond acceptors (Lipinski definition) is 4. The predicted octanol–water partition coefficient (Wildman–Crippen LogP) is 1.76. The minimum atomic E-state index is 0.696. The molecule has 4 nitrogen and oxygen atoms in total. The van der Waals surface area contributed by atoms with Crippen molar-refractivity contribution in [3.8, 4) is 5.88 Å². The molecule has 1 aromatic rings. The fourth-order valence-electron chi connectivity index (χ4n) is 3.31. The van der Waals surface area contributed by atoms with Gasteiger partial charge in [-0.25, -0.2) is 4.98 Å². The van der Waals surface area contributed by atoms with Crippen LogP contribution < -0.4 is 4.74 Å². The maximum Gasteiger partial charge on any atom is 0.212 e. The van der Waals surface area contributed by atoms with E-state index in [0.717, 1.165) is 12.6 Å². The lowest BCUT2D eigenvalue weighted by molar-refractivity contribution is 0.215. The highest BCUT2D eigenvalue weighted by atomic mass is 16.5. The Morgan fingerprint density at radius 1 is 1.26 bits per heavy atom. The summed E-state index contributed by atoms with van der Waals surface area (Å²) in [5.74, 6) is 0.696. The Morgan fingerprint density at radius 2 is 2.16 bits per heavy atom. The van der Waals surface area contributed by atoms with Crippen molar-refractivity contribution in [2.24, 2.45) is 0 Å². The molecular weight excluding hydrogens is 238 g/mol. The summed E-state index contributed by atoms with van der Waals surface area (Å²) in [5.41, 5.74) is 1.28. The van der Waals surface area contributed by atoms with Gasteiger partial charge in [0.2, 0.25) is 5.88 Å². The molecular formula is C15H23N3O. The first-order valence-corrected chi connectivity index (χ1v) is 7.30. The number of fused-ring (bicyclic) bond motifs is 1. The van der Waals surface area contributed by atoms with Gasteiger partial charge in [0.25, 0.3) is 0 Å². The largest absolute Gasteiger partial charge is 0.481 e. The minimum absolute atomic E-state index is 0.696. The topological polar surface area (TPSA) is 28.6 Å². The van der Waals surface area contributed by atoms with Crippen molar-refractivity contribution in [2.75, 3.05) is 33.3 Å². The van der Waals surface area contributed by atoms with E-state index in [9.17, 15) is 0 Å². The van der Waals surface area contributed by atoms with E-state index in [1.165, 1.54) is 51.0 Å². The molecule has 0 saturated carbocycles. The lowest BCUT2D eigenvalue weighted by Crippen LogP contribution is -2.36. The first kappa shape index (κ1) is 12.9. The fraction of sp³-hybridized carbons (Fsp3) is 0.667. The highest BCUT2D eigenvalue weighted by Gasteiger charge is 2.28. The average molecular weight is 261 g/mol. The number of pyridine rings is 1. The van der Waals surface area contributed by atoms with Crippen LogP contribution in [0.25, 0.3) is 0 Å². The lowest BCUT2D eigenvalue weighted by atomic mass is 10.2. The van der Waals surface area contributed by atoms with Crippen LogP contribution in [-0.2, 0) is 6.54 Å². The van der Waals surface area contributed by atoms with E-state index in [0.29, 0.717) is 5.88 Å². The first-order valence-electron chi connectivity index (χ1n) is 7.30. The van der Waals surface area contributed by atoms with Crippen molar-refractivity contribution in [3.63, 3.8) is 0 Å². The van der Waals surface area contributed by atoms with Gasteiger partial charge in [-0.2, -0.15) is 0 Å². The van der Waals surface area contributed by atoms with Crippen molar-refractivity contribution in [3.05, 3.63) is 23.9 Å². The zero-order valence-corrected chi connectivity index (χ0v) is 11.7. The number of methoxy groups -OCH3 is 1. The van der Waals surface area contributed by atoms with Gasteiger partial charge in [0.05, 0.1) is 7.11 Å². The second-order valence-electron chi connectivity index (χ2n) is 5.63. The monoisotopic (exact) mass is 261 g/mol.